The largest absolute Gasteiger partial charge is 0.452 e. The first kappa shape index (κ1) is 18.3. The molecule has 0 radical (unpaired) electrons. The van der Waals surface area contributed by atoms with Crippen molar-refractivity contribution in [1.82, 2.24) is 4.90 Å². The highest BCUT2D eigenvalue weighted by atomic mass is 32.2. The lowest BCUT2D eigenvalue weighted by Gasteiger charge is -2.27. The van der Waals surface area contributed by atoms with E-state index < -0.39 is 34.4 Å². The predicted molar refractivity (Wildman–Crippen MR) is 98.3 cm³/mol. The highest BCUT2D eigenvalue weighted by molar-refractivity contribution is 7.94. The molecule has 1 aromatic carbocycles. The molecule has 0 saturated heterocycles. The summed E-state index contributed by atoms with van der Waals surface area (Å²) in [6.45, 7) is -0.202. The summed E-state index contributed by atoms with van der Waals surface area (Å²) in [6.07, 6.45) is 1.50. The Morgan fingerprint density at radius 1 is 1.19 bits per heavy atom. The number of thiophene rings is 1. The van der Waals surface area contributed by atoms with Crippen molar-refractivity contribution in [3.63, 3.8) is 0 Å². The highest BCUT2D eigenvalue weighted by Gasteiger charge is 2.30. The van der Waals surface area contributed by atoms with Crippen molar-refractivity contribution in [3.8, 4) is 0 Å². The van der Waals surface area contributed by atoms with E-state index in [1.807, 2.05) is 30.3 Å². The van der Waals surface area contributed by atoms with Gasteiger partial charge in [-0.2, -0.15) is 11.3 Å². The molecule has 1 atom stereocenters. The van der Waals surface area contributed by atoms with Crippen molar-refractivity contribution in [2.75, 3.05) is 12.4 Å². The second kappa shape index (κ2) is 7.84. The van der Waals surface area contributed by atoms with E-state index >= 15 is 0 Å². The summed E-state index contributed by atoms with van der Waals surface area (Å²) in [6, 6.07) is 10.3. The zero-order valence-corrected chi connectivity index (χ0v) is 15.4. The van der Waals surface area contributed by atoms with Crippen LogP contribution < -0.4 is 0 Å². The van der Waals surface area contributed by atoms with E-state index in [4.69, 9.17) is 4.74 Å². The van der Waals surface area contributed by atoms with Crippen molar-refractivity contribution < 1.29 is 22.7 Å². The third-order valence-electron chi connectivity index (χ3n) is 3.91. The second-order valence-corrected chi connectivity index (χ2v) is 8.53. The van der Waals surface area contributed by atoms with Gasteiger partial charge in [-0.15, -0.1) is 0 Å². The Hall–Kier alpha value is -2.45. The van der Waals surface area contributed by atoms with Gasteiger partial charge in [-0.3, -0.25) is 4.79 Å². The molecule has 3 rings (SSSR count). The van der Waals surface area contributed by atoms with Gasteiger partial charge in [0.1, 0.15) is 0 Å². The van der Waals surface area contributed by atoms with Crippen molar-refractivity contribution in [2.24, 2.45) is 0 Å². The van der Waals surface area contributed by atoms with Gasteiger partial charge in [-0.05, 0) is 23.1 Å². The van der Waals surface area contributed by atoms with Crippen LogP contribution in [0.4, 0.5) is 0 Å². The lowest BCUT2D eigenvalue weighted by Crippen LogP contribution is -2.42. The predicted octanol–water partition coefficient (Wildman–Crippen LogP) is 2.24. The minimum atomic E-state index is -3.31. The van der Waals surface area contributed by atoms with E-state index in [9.17, 15) is 18.0 Å². The number of carbonyl (C=O) groups is 2. The minimum absolute atomic E-state index is 0.163. The average Bonchev–Trinajstić information content (AvgIpc) is 3.28. The number of sulfone groups is 1. The highest BCUT2D eigenvalue weighted by Crippen LogP contribution is 2.18. The summed E-state index contributed by atoms with van der Waals surface area (Å²) in [5, 5.41) is 4.51. The van der Waals surface area contributed by atoms with Crippen LogP contribution in [0.5, 0.6) is 0 Å². The molecule has 2 aromatic rings. The summed E-state index contributed by atoms with van der Waals surface area (Å²) in [5.74, 6) is -1.18. The zero-order valence-electron chi connectivity index (χ0n) is 13.8. The first-order chi connectivity index (χ1) is 12.4. The van der Waals surface area contributed by atoms with Crippen LogP contribution in [0.1, 0.15) is 15.9 Å². The van der Waals surface area contributed by atoms with Gasteiger partial charge in [0, 0.05) is 17.3 Å². The lowest BCUT2D eigenvalue weighted by molar-refractivity contribution is -0.136. The van der Waals surface area contributed by atoms with Crippen molar-refractivity contribution >= 4 is 33.1 Å². The molecule has 26 heavy (non-hydrogen) atoms. The number of ether oxygens (including phenoxy) is 1. The van der Waals surface area contributed by atoms with E-state index in [2.05, 4.69) is 0 Å². The maximum atomic E-state index is 12.6. The van der Waals surface area contributed by atoms with E-state index in [0.717, 1.165) is 11.0 Å². The third kappa shape index (κ3) is 4.59. The van der Waals surface area contributed by atoms with Gasteiger partial charge in [-0.25, -0.2) is 13.2 Å². The van der Waals surface area contributed by atoms with Gasteiger partial charge in [0.05, 0.1) is 17.4 Å². The van der Waals surface area contributed by atoms with Crippen LogP contribution >= 0.6 is 11.3 Å². The fraction of sp³-hybridized carbons (Fsp3) is 0.222. The van der Waals surface area contributed by atoms with Crippen LogP contribution in [0.3, 0.4) is 0 Å². The van der Waals surface area contributed by atoms with Crippen LogP contribution in [-0.2, 0) is 25.9 Å². The molecule has 0 spiro atoms. The Balaban J connectivity index is 1.71. The van der Waals surface area contributed by atoms with Crippen molar-refractivity contribution in [1.29, 1.82) is 0 Å². The molecule has 6 nitrogen and oxygen atoms in total. The molecule has 0 fully saturated rings. The van der Waals surface area contributed by atoms with Gasteiger partial charge < -0.3 is 9.64 Å². The molecule has 2 heterocycles. The molecular weight excluding hydrogens is 374 g/mol. The Bertz CT molecular complexity index is 904. The fourth-order valence-electron chi connectivity index (χ4n) is 2.60. The summed E-state index contributed by atoms with van der Waals surface area (Å²) in [7, 11) is -3.31. The van der Waals surface area contributed by atoms with E-state index in [0.29, 0.717) is 5.56 Å². The Labute approximate surface area is 155 Å². The van der Waals surface area contributed by atoms with Crippen molar-refractivity contribution in [2.45, 2.75) is 12.6 Å². The number of esters is 1. The number of nitrogens with zero attached hydrogens (tertiary/aromatic N) is 1. The number of rotatable bonds is 6. The smallest absolute Gasteiger partial charge is 0.339 e. The molecule has 136 valence electrons. The van der Waals surface area contributed by atoms with Gasteiger partial charge >= 0.3 is 5.97 Å². The number of hydrogen-bond acceptors (Lipinski definition) is 6. The van der Waals surface area contributed by atoms with E-state index in [1.54, 1.807) is 16.8 Å². The minimum Gasteiger partial charge on any atom is -0.452 e. The van der Waals surface area contributed by atoms with Crippen LogP contribution in [0, 0.1) is 0 Å². The van der Waals surface area contributed by atoms with E-state index in [1.165, 1.54) is 22.3 Å². The molecule has 0 unspecified atom stereocenters. The molecule has 0 bridgehead atoms. The number of benzene rings is 1. The Morgan fingerprint density at radius 2 is 1.96 bits per heavy atom. The SMILES string of the molecule is O=C(OCC(=O)N(Cc1ccccc1)[C@H]1C=CS(=O)(=O)C1)c1ccsc1. The summed E-state index contributed by atoms with van der Waals surface area (Å²) in [4.78, 5) is 26.0. The monoisotopic (exact) mass is 391 g/mol. The fourth-order valence-corrected chi connectivity index (χ4v) is 4.52. The van der Waals surface area contributed by atoms with Gasteiger partial charge in [0.25, 0.3) is 5.91 Å². The molecule has 1 aromatic heterocycles. The van der Waals surface area contributed by atoms with Crippen LogP contribution in [0.25, 0.3) is 0 Å². The second-order valence-electron chi connectivity index (χ2n) is 5.82. The number of amides is 1. The lowest BCUT2D eigenvalue weighted by atomic mass is 10.2. The first-order valence-electron chi connectivity index (χ1n) is 7.88. The molecule has 0 aliphatic carbocycles. The summed E-state index contributed by atoms with van der Waals surface area (Å²) in [5.41, 5.74) is 1.25. The maximum absolute atomic E-state index is 12.6. The molecule has 8 heteroatoms. The van der Waals surface area contributed by atoms with Crippen LogP contribution in [-0.4, -0.2) is 43.6 Å². The normalized spacial score (nSPS) is 17.8. The number of hydrogen-bond donors (Lipinski definition) is 0. The first-order valence-corrected chi connectivity index (χ1v) is 10.5. The quantitative estimate of drug-likeness (QED) is 0.706. The Morgan fingerprint density at radius 3 is 2.58 bits per heavy atom. The molecule has 0 saturated carbocycles. The number of carbonyl (C=O) groups excluding carboxylic acids is 2. The molecule has 1 amide bonds. The maximum Gasteiger partial charge on any atom is 0.339 e. The van der Waals surface area contributed by atoms with Gasteiger partial charge in [0.15, 0.2) is 16.4 Å². The Kier molecular flexibility index (Phi) is 5.53. The van der Waals surface area contributed by atoms with Gasteiger partial charge in [0.2, 0.25) is 0 Å². The standard InChI is InChI=1S/C18H17NO5S2/c20-17(11-24-18(21)15-6-8-25-12-15)19(10-14-4-2-1-3-5-14)16-7-9-26(22,23)13-16/h1-9,12,16H,10-11,13H2/t16-/m0/s1. The summed E-state index contributed by atoms with van der Waals surface area (Å²) >= 11 is 1.36. The average molecular weight is 391 g/mol. The van der Waals surface area contributed by atoms with Crippen molar-refractivity contribution in [3.05, 3.63) is 69.8 Å². The third-order valence-corrected chi connectivity index (χ3v) is 5.97. The molecular formula is C18H17NO5S2. The van der Waals surface area contributed by atoms with Gasteiger partial charge in [-0.1, -0.05) is 30.3 Å². The molecule has 1 aliphatic rings. The molecule has 0 N–H and O–H groups in total. The van der Waals surface area contributed by atoms with Crippen LogP contribution in [0.2, 0.25) is 0 Å². The van der Waals surface area contributed by atoms with E-state index in [-0.39, 0.29) is 12.3 Å². The zero-order chi connectivity index (χ0) is 18.6. The summed E-state index contributed by atoms with van der Waals surface area (Å²) < 4.78 is 28.5. The topological polar surface area (TPSA) is 80.8 Å². The van der Waals surface area contributed by atoms with Crippen LogP contribution in [0.15, 0.2) is 58.6 Å². The molecule has 1 aliphatic heterocycles.